The molecular weight excluding hydrogens is 334 g/mol. The molecule has 0 aliphatic heterocycles. The van der Waals surface area contributed by atoms with E-state index < -0.39 is 0 Å². The molecule has 1 N–H and O–H groups in total. The summed E-state index contributed by atoms with van der Waals surface area (Å²) in [7, 11) is 0. The normalized spacial score (nSPS) is 14.9. The van der Waals surface area contributed by atoms with Gasteiger partial charge in [-0.25, -0.2) is 4.68 Å². The van der Waals surface area contributed by atoms with E-state index in [2.05, 4.69) is 31.4 Å². The lowest BCUT2D eigenvalue weighted by molar-refractivity contribution is 0.262. The quantitative estimate of drug-likeness (QED) is 0.865. The van der Waals surface area contributed by atoms with Gasteiger partial charge >= 0.3 is 0 Å². The molecule has 112 valence electrons. The van der Waals surface area contributed by atoms with Gasteiger partial charge in [-0.15, -0.1) is 0 Å². The highest BCUT2D eigenvalue weighted by Crippen LogP contribution is 2.27. The summed E-state index contributed by atoms with van der Waals surface area (Å²) in [6.07, 6.45) is 9.01. The Morgan fingerprint density at radius 1 is 1.38 bits per heavy atom. The molecule has 0 radical (unpaired) electrons. The van der Waals surface area contributed by atoms with Crippen LogP contribution in [0.1, 0.15) is 19.3 Å². The van der Waals surface area contributed by atoms with Gasteiger partial charge in [-0.2, -0.15) is 10.2 Å². The van der Waals surface area contributed by atoms with Gasteiger partial charge in [0.1, 0.15) is 5.69 Å². The number of halogens is 1. The topological polar surface area (TPSA) is 64.7 Å². The molecule has 2 aromatic heterocycles. The molecule has 7 heteroatoms. The highest BCUT2D eigenvalue weighted by molar-refractivity contribution is 9.10. The predicted molar refractivity (Wildman–Crippen MR) is 84.3 cm³/mol. The fourth-order valence-electron chi connectivity index (χ4n) is 2.41. The summed E-state index contributed by atoms with van der Waals surface area (Å²) < 4.78 is 4.11. The zero-order valence-corrected chi connectivity index (χ0v) is 13.3. The number of nitrogens with one attached hydrogen (secondary N) is 1. The summed E-state index contributed by atoms with van der Waals surface area (Å²) in [6.45, 7) is 2.08. The van der Waals surface area contributed by atoms with Crippen molar-refractivity contribution in [3.05, 3.63) is 39.5 Å². The van der Waals surface area contributed by atoms with E-state index in [9.17, 15) is 4.79 Å². The monoisotopic (exact) mass is 351 g/mol. The van der Waals surface area contributed by atoms with E-state index >= 15 is 0 Å². The third-order valence-electron chi connectivity index (χ3n) is 3.86. The van der Waals surface area contributed by atoms with Crippen molar-refractivity contribution in [1.82, 2.24) is 19.6 Å². The second-order valence-electron chi connectivity index (χ2n) is 5.35. The molecule has 0 amide bonds. The SMILES string of the molecule is O=c1c(NCCn2cccn2)c(Br)cnn1CC1CCC1. The van der Waals surface area contributed by atoms with Crippen LogP contribution in [0.3, 0.4) is 0 Å². The Morgan fingerprint density at radius 2 is 2.24 bits per heavy atom. The molecule has 1 fully saturated rings. The van der Waals surface area contributed by atoms with E-state index in [0.29, 0.717) is 29.2 Å². The van der Waals surface area contributed by atoms with Gasteiger partial charge in [-0.1, -0.05) is 6.42 Å². The summed E-state index contributed by atoms with van der Waals surface area (Å²) in [5, 5.41) is 11.5. The molecule has 1 aliphatic rings. The number of rotatable bonds is 6. The van der Waals surface area contributed by atoms with Crippen LogP contribution in [-0.4, -0.2) is 26.1 Å². The zero-order valence-electron chi connectivity index (χ0n) is 11.7. The molecule has 1 aliphatic carbocycles. The molecule has 21 heavy (non-hydrogen) atoms. The molecule has 1 saturated carbocycles. The molecule has 0 atom stereocenters. The average Bonchev–Trinajstić information content (AvgIpc) is 2.93. The van der Waals surface area contributed by atoms with Crippen LogP contribution in [0.4, 0.5) is 5.69 Å². The minimum absolute atomic E-state index is 0.0586. The standard InChI is InChI=1S/C14H18BrN5O/c15-12-9-18-20(10-11-3-1-4-11)14(21)13(12)16-6-8-19-7-2-5-17-19/h2,5,7,9,11,16H,1,3-4,6,8,10H2. The van der Waals surface area contributed by atoms with Gasteiger partial charge in [0.2, 0.25) is 0 Å². The minimum atomic E-state index is -0.0586. The van der Waals surface area contributed by atoms with Crippen LogP contribution < -0.4 is 10.9 Å². The summed E-state index contributed by atoms with van der Waals surface area (Å²) in [4.78, 5) is 12.4. The predicted octanol–water partition coefficient (Wildman–Crippen LogP) is 2.11. The highest BCUT2D eigenvalue weighted by atomic mass is 79.9. The first-order chi connectivity index (χ1) is 10.2. The maximum Gasteiger partial charge on any atom is 0.291 e. The fourth-order valence-corrected chi connectivity index (χ4v) is 2.81. The van der Waals surface area contributed by atoms with E-state index in [1.165, 1.54) is 19.3 Å². The number of anilines is 1. The van der Waals surface area contributed by atoms with Crippen molar-refractivity contribution >= 4 is 21.6 Å². The Morgan fingerprint density at radius 3 is 2.90 bits per heavy atom. The van der Waals surface area contributed by atoms with E-state index in [1.54, 1.807) is 17.1 Å². The molecule has 2 heterocycles. The summed E-state index contributed by atoms with van der Waals surface area (Å²) in [6, 6.07) is 1.88. The third-order valence-corrected chi connectivity index (χ3v) is 4.46. The smallest absolute Gasteiger partial charge is 0.291 e. The lowest BCUT2D eigenvalue weighted by atomic mass is 9.85. The molecule has 0 spiro atoms. The minimum Gasteiger partial charge on any atom is -0.378 e. The van der Waals surface area contributed by atoms with Gasteiger partial charge in [0.05, 0.1) is 17.2 Å². The van der Waals surface area contributed by atoms with E-state index in [1.807, 2.05) is 16.9 Å². The first-order valence-corrected chi connectivity index (χ1v) is 8.00. The Balaban J connectivity index is 1.67. The highest BCUT2D eigenvalue weighted by Gasteiger charge is 2.20. The lowest BCUT2D eigenvalue weighted by Crippen LogP contribution is -2.31. The van der Waals surface area contributed by atoms with Gasteiger partial charge < -0.3 is 5.32 Å². The number of nitrogens with zero attached hydrogens (tertiary/aromatic N) is 4. The van der Waals surface area contributed by atoms with Crippen molar-refractivity contribution in [2.24, 2.45) is 5.92 Å². The van der Waals surface area contributed by atoms with Crippen molar-refractivity contribution in [3.63, 3.8) is 0 Å². The molecule has 0 aromatic carbocycles. The summed E-state index contributed by atoms with van der Waals surface area (Å²) >= 11 is 3.40. The Kier molecular flexibility index (Phi) is 4.38. The second kappa shape index (κ2) is 6.43. The van der Waals surface area contributed by atoms with Crippen LogP contribution in [-0.2, 0) is 13.1 Å². The molecular formula is C14H18BrN5O. The van der Waals surface area contributed by atoms with Gasteiger partial charge in [0.15, 0.2) is 0 Å². The first kappa shape index (κ1) is 14.3. The fraction of sp³-hybridized carbons (Fsp3) is 0.500. The van der Waals surface area contributed by atoms with E-state index in [-0.39, 0.29) is 5.56 Å². The zero-order chi connectivity index (χ0) is 14.7. The molecule has 2 aromatic rings. The molecule has 6 nitrogen and oxygen atoms in total. The van der Waals surface area contributed by atoms with Gasteiger partial charge in [-0.05, 0) is 40.8 Å². The van der Waals surface area contributed by atoms with Crippen molar-refractivity contribution < 1.29 is 0 Å². The van der Waals surface area contributed by atoms with Crippen molar-refractivity contribution in [3.8, 4) is 0 Å². The van der Waals surface area contributed by atoms with Crippen molar-refractivity contribution in [2.75, 3.05) is 11.9 Å². The maximum atomic E-state index is 12.4. The largest absolute Gasteiger partial charge is 0.378 e. The van der Waals surface area contributed by atoms with Crippen LogP contribution in [0, 0.1) is 5.92 Å². The molecule has 0 saturated heterocycles. The number of hydrogen-bond donors (Lipinski definition) is 1. The Bertz CT molecular complexity index is 648. The maximum absolute atomic E-state index is 12.4. The average molecular weight is 352 g/mol. The van der Waals surface area contributed by atoms with Crippen LogP contribution in [0.5, 0.6) is 0 Å². The lowest BCUT2D eigenvalue weighted by Gasteiger charge is -2.25. The first-order valence-electron chi connectivity index (χ1n) is 7.21. The molecule has 3 rings (SSSR count). The molecule has 0 unspecified atom stereocenters. The second-order valence-corrected chi connectivity index (χ2v) is 6.20. The van der Waals surface area contributed by atoms with E-state index in [0.717, 1.165) is 6.54 Å². The Hall–Kier alpha value is -1.63. The summed E-state index contributed by atoms with van der Waals surface area (Å²) in [5.41, 5.74) is 0.521. The van der Waals surface area contributed by atoms with Gasteiger partial charge in [-0.3, -0.25) is 9.48 Å². The van der Waals surface area contributed by atoms with Crippen LogP contribution in [0.2, 0.25) is 0 Å². The van der Waals surface area contributed by atoms with Crippen LogP contribution >= 0.6 is 15.9 Å². The van der Waals surface area contributed by atoms with Crippen molar-refractivity contribution in [2.45, 2.75) is 32.4 Å². The van der Waals surface area contributed by atoms with E-state index in [4.69, 9.17) is 0 Å². The van der Waals surface area contributed by atoms with Crippen LogP contribution in [0.15, 0.2) is 33.9 Å². The Labute approximate surface area is 131 Å². The summed E-state index contributed by atoms with van der Waals surface area (Å²) in [5.74, 6) is 0.605. The molecule has 0 bridgehead atoms. The van der Waals surface area contributed by atoms with Gasteiger partial charge in [0.25, 0.3) is 5.56 Å². The van der Waals surface area contributed by atoms with Crippen LogP contribution in [0.25, 0.3) is 0 Å². The number of aromatic nitrogens is 4. The van der Waals surface area contributed by atoms with Gasteiger partial charge in [0, 0.05) is 25.5 Å². The third kappa shape index (κ3) is 3.34. The van der Waals surface area contributed by atoms with Crippen molar-refractivity contribution in [1.29, 1.82) is 0 Å². The number of hydrogen-bond acceptors (Lipinski definition) is 4.